The minimum Gasteiger partial charge on any atom is -0.352 e. The van der Waals surface area contributed by atoms with Crippen molar-refractivity contribution < 1.29 is 0 Å². The van der Waals surface area contributed by atoms with E-state index < -0.39 is 0 Å². The second-order valence-corrected chi connectivity index (χ2v) is 7.37. The van der Waals surface area contributed by atoms with E-state index in [2.05, 4.69) is 34.9 Å². The minimum absolute atomic E-state index is 0.0135. The Morgan fingerprint density at radius 1 is 0.815 bits per heavy atom. The number of nitrogens with one attached hydrogen (secondary N) is 2. The highest BCUT2D eigenvalue weighted by Crippen LogP contribution is 2.37. The number of benzene rings is 3. The van der Waals surface area contributed by atoms with Crippen LogP contribution >= 0.6 is 23.2 Å². The van der Waals surface area contributed by atoms with Crippen LogP contribution in [0.3, 0.4) is 0 Å². The summed E-state index contributed by atoms with van der Waals surface area (Å²) in [7, 11) is 0. The topological polar surface area (TPSA) is 36.4 Å². The molecular weight excluding hydrogens is 377 g/mol. The summed E-state index contributed by atoms with van der Waals surface area (Å²) in [4.78, 5) is 4.89. The molecule has 5 heteroatoms. The summed E-state index contributed by atoms with van der Waals surface area (Å²) in [6, 6.07) is 25.9. The van der Waals surface area contributed by atoms with Gasteiger partial charge in [-0.1, -0.05) is 77.8 Å². The Morgan fingerprint density at radius 3 is 2.19 bits per heavy atom. The first-order valence-corrected chi connectivity index (χ1v) is 9.58. The molecule has 0 saturated carbocycles. The molecule has 0 saturated heterocycles. The van der Waals surface area contributed by atoms with Crippen molar-refractivity contribution in [2.45, 2.75) is 18.6 Å². The fraction of sp³-hybridized carbons (Fsp3) is 0.136. The van der Waals surface area contributed by atoms with Crippen molar-refractivity contribution in [1.82, 2.24) is 10.6 Å². The third-order valence-electron chi connectivity index (χ3n) is 4.58. The predicted molar refractivity (Wildman–Crippen MR) is 112 cm³/mol. The summed E-state index contributed by atoms with van der Waals surface area (Å²) in [6.45, 7) is 0.706. The van der Waals surface area contributed by atoms with Crippen molar-refractivity contribution in [2.75, 3.05) is 0 Å². The van der Waals surface area contributed by atoms with Crippen LogP contribution in [-0.2, 0) is 6.54 Å². The molecule has 2 atom stereocenters. The molecule has 136 valence electrons. The van der Waals surface area contributed by atoms with E-state index >= 15 is 0 Å². The van der Waals surface area contributed by atoms with Crippen LogP contribution in [0.1, 0.15) is 28.8 Å². The van der Waals surface area contributed by atoms with Gasteiger partial charge >= 0.3 is 0 Å². The molecule has 0 bridgehead atoms. The maximum Gasteiger partial charge on any atom is 0.192 e. The van der Waals surface area contributed by atoms with E-state index in [-0.39, 0.29) is 12.1 Å². The van der Waals surface area contributed by atoms with Gasteiger partial charge in [-0.25, -0.2) is 4.99 Å². The zero-order valence-electron chi connectivity index (χ0n) is 14.6. The molecule has 3 aromatic rings. The summed E-state index contributed by atoms with van der Waals surface area (Å²) in [5.41, 5.74) is 3.36. The molecule has 0 radical (unpaired) electrons. The third-order valence-corrected chi connectivity index (χ3v) is 5.05. The summed E-state index contributed by atoms with van der Waals surface area (Å²) in [5.74, 6) is 0.772. The van der Waals surface area contributed by atoms with E-state index in [0.717, 1.165) is 17.1 Å². The van der Waals surface area contributed by atoms with Crippen molar-refractivity contribution in [2.24, 2.45) is 4.99 Å². The fourth-order valence-corrected chi connectivity index (χ4v) is 3.68. The molecular formula is C22H19Cl2N3. The normalized spacial score (nSPS) is 18.7. The molecule has 27 heavy (non-hydrogen) atoms. The SMILES string of the molecule is Clc1cccc([C@H]2NC(NCc3ccccc3)=N[C@H]2c2cccc(Cl)c2)c1. The van der Waals surface area contributed by atoms with Gasteiger partial charge in [-0.2, -0.15) is 0 Å². The molecule has 0 unspecified atom stereocenters. The van der Waals surface area contributed by atoms with E-state index in [0.29, 0.717) is 16.6 Å². The zero-order chi connectivity index (χ0) is 18.6. The smallest absolute Gasteiger partial charge is 0.192 e. The average Bonchev–Trinajstić information content (AvgIpc) is 3.12. The Kier molecular flexibility index (Phi) is 5.33. The quantitative estimate of drug-likeness (QED) is 0.609. The Hall–Kier alpha value is -2.49. The van der Waals surface area contributed by atoms with Gasteiger partial charge in [0.05, 0.1) is 6.04 Å². The van der Waals surface area contributed by atoms with Gasteiger partial charge in [0.25, 0.3) is 0 Å². The molecule has 0 fully saturated rings. The van der Waals surface area contributed by atoms with Gasteiger partial charge in [0.1, 0.15) is 6.04 Å². The summed E-state index contributed by atoms with van der Waals surface area (Å²) in [5, 5.41) is 8.33. The molecule has 0 spiro atoms. The van der Waals surface area contributed by atoms with Crippen molar-refractivity contribution in [3.63, 3.8) is 0 Å². The Bertz CT molecular complexity index is 957. The molecule has 2 N–H and O–H groups in total. The highest BCUT2D eigenvalue weighted by atomic mass is 35.5. The van der Waals surface area contributed by atoms with Crippen LogP contribution in [0.4, 0.5) is 0 Å². The minimum atomic E-state index is -0.0829. The van der Waals surface area contributed by atoms with Crippen LogP contribution < -0.4 is 10.6 Å². The number of hydrogen-bond acceptors (Lipinski definition) is 3. The molecule has 1 aliphatic rings. The van der Waals surface area contributed by atoms with Gasteiger partial charge in [0, 0.05) is 16.6 Å². The van der Waals surface area contributed by atoms with Crippen LogP contribution in [0, 0.1) is 0 Å². The van der Waals surface area contributed by atoms with Gasteiger partial charge in [-0.15, -0.1) is 0 Å². The zero-order valence-corrected chi connectivity index (χ0v) is 16.1. The standard InChI is InChI=1S/C22H19Cl2N3/c23-18-10-4-8-16(12-18)20-21(17-9-5-11-19(24)13-17)27-22(26-20)25-14-15-6-2-1-3-7-15/h1-13,20-21H,14H2,(H2,25,26,27)/t20-,21+. The highest BCUT2D eigenvalue weighted by Gasteiger charge is 2.31. The summed E-state index contributed by atoms with van der Waals surface area (Å²) in [6.07, 6.45) is 0. The first-order valence-electron chi connectivity index (χ1n) is 8.82. The number of guanidine groups is 1. The van der Waals surface area contributed by atoms with E-state index in [1.54, 1.807) is 0 Å². The van der Waals surface area contributed by atoms with Crippen LogP contribution in [0.15, 0.2) is 83.9 Å². The first-order chi connectivity index (χ1) is 13.2. The van der Waals surface area contributed by atoms with E-state index in [4.69, 9.17) is 28.2 Å². The maximum absolute atomic E-state index is 6.22. The van der Waals surface area contributed by atoms with E-state index in [1.807, 2.05) is 54.6 Å². The molecule has 0 aliphatic carbocycles. The van der Waals surface area contributed by atoms with Gasteiger partial charge in [0.15, 0.2) is 5.96 Å². The van der Waals surface area contributed by atoms with Gasteiger partial charge in [0.2, 0.25) is 0 Å². The molecule has 0 aromatic heterocycles. The van der Waals surface area contributed by atoms with Crippen molar-refractivity contribution in [1.29, 1.82) is 0 Å². The highest BCUT2D eigenvalue weighted by molar-refractivity contribution is 6.30. The predicted octanol–water partition coefficient (Wildman–Crippen LogP) is 5.52. The van der Waals surface area contributed by atoms with Gasteiger partial charge in [-0.05, 0) is 41.0 Å². The van der Waals surface area contributed by atoms with Crippen LogP contribution in [0.25, 0.3) is 0 Å². The van der Waals surface area contributed by atoms with E-state index in [9.17, 15) is 0 Å². The van der Waals surface area contributed by atoms with Crippen LogP contribution in [0.5, 0.6) is 0 Å². The second-order valence-electron chi connectivity index (χ2n) is 6.49. The lowest BCUT2D eigenvalue weighted by molar-refractivity contribution is 0.570. The fourth-order valence-electron chi connectivity index (χ4n) is 3.28. The number of rotatable bonds is 4. The number of hydrogen-bond donors (Lipinski definition) is 2. The Morgan fingerprint density at radius 2 is 1.48 bits per heavy atom. The molecule has 1 heterocycles. The molecule has 0 amide bonds. The van der Waals surface area contributed by atoms with Crippen LogP contribution in [0.2, 0.25) is 10.0 Å². The second kappa shape index (κ2) is 8.03. The summed E-state index contributed by atoms with van der Waals surface area (Å²) >= 11 is 12.4. The summed E-state index contributed by atoms with van der Waals surface area (Å²) < 4.78 is 0. The van der Waals surface area contributed by atoms with Gasteiger partial charge < -0.3 is 10.6 Å². The molecule has 4 rings (SSSR count). The van der Waals surface area contributed by atoms with Crippen LogP contribution in [-0.4, -0.2) is 5.96 Å². The average molecular weight is 396 g/mol. The van der Waals surface area contributed by atoms with Gasteiger partial charge in [-0.3, -0.25) is 0 Å². The van der Waals surface area contributed by atoms with E-state index in [1.165, 1.54) is 5.56 Å². The monoisotopic (exact) mass is 395 g/mol. The molecule has 3 nitrogen and oxygen atoms in total. The van der Waals surface area contributed by atoms with Crippen molar-refractivity contribution in [3.05, 3.63) is 106 Å². The lowest BCUT2D eigenvalue weighted by Crippen LogP contribution is -2.35. The Balaban J connectivity index is 1.61. The van der Waals surface area contributed by atoms with Crippen molar-refractivity contribution in [3.8, 4) is 0 Å². The molecule has 3 aromatic carbocycles. The lowest BCUT2D eigenvalue weighted by atomic mass is 9.95. The maximum atomic E-state index is 6.22. The third kappa shape index (κ3) is 4.26. The Labute approximate surface area is 169 Å². The number of halogens is 2. The number of nitrogens with zero attached hydrogens (tertiary/aromatic N) is 1. The number of aliphatic imine (C=N–C) groups is 1. The van der Waals surface area contributed by atoms with Crippen molar-refractivity contribution >= 4 is 29.2 Å². The first kappa shape index (κ1) is 17.9. The lowest BCUT2D eigenvalue weighted by Gasteiger charge is -2.20. The molecule has 1 aliphatic heterocycles. The largest absolute Gasteiger partial charge is 0.352 e.